The number of carbonyl (C=O) groups is 11. The number of thioether (sulfide) groups is 2. The highest BCUT2D eigenvalue weighted by Gasteiger charge is 2.41. The highest BCUT2D eigenvalue weighted by atomic mass is 32.2. The van der Waals surface area contributed by atoms with Crippen molar-refractivity contribution in [2.45, 2.75) is 139 Å². The molecule has 0 aromatic heterocycles. The molecule has 13 N–H and O–H groups in total. The molecule has 4 fully saturated rings. The number of carboxylic acid groups (broad SMARTS) is 1. The summed E-state index contributed by atoms with van der Waals surface area (Å²) in [4.78, 5) is 152. The molecule has 0 bridgehead atoms. The van der Waals surface area contributed by atoms with Crippen LogP contribution in [0.1, 0.15) is 90.9 Å². The highest BCUT2D eigenvalue weighted by molar-refractivity contribution is 7.98. The first-order valence-corrected chi connectivity index (χ1v) is 28.5. The van der Waals surface area contributed by atoms with Gasteiger partial charge in [0.05, 0.1) is 25.7 Å². The van der Waals surface area contributed by atoms with Crippen LogP contribution in [0.5, 0.6) is 0 Å². The van der Waals surface area contributed by atoms with E-state index < -0.39 is 127 Å². The SMILES string of the molecule is CSCC[C@H](NC(=O)[C@@H]1CCCN1C(=O)CNC(=O)[C@H](CCSC)NC(=O)[C@@H]1CCCN1C(=O)CNC(=O)[C@@H]1CCCN1C(=O)[C@@H](N)C(C)C)C(=O)NCC(=O)N1CCC[C@H]1C(=O)N[C@@H](CCCNC(=N)N)C(=O)O. The molecule has 4 aliphatic heterocycles. The first kappa shape index (κ1) is 61.6. The zero-order valence-electron chi connectivity index (χ0n) is 43.5. The summed E-state index contributed by atoms with van der Waals surface area (Å²) < 4.78 is 0. The van der Waals surface area contributed by atoms with Crippen molar-refractivity contribution in [2.75, 3.05) is 76.4 Å². The number of nitrogens with zero attached hydrogens (tertiary/aromatic N) is 4. The lowest BCUT2D eigenvalue weighted by molar-refractivity contribution is -0.144. The third-order valence-corrected chi connectivity index (χ3v) is 15.1. The zero-order valence-corrected chi connectivity index (χ0v) is 45.1. The van der Waals surface area contributed by atoms with Crippen LogP contribution in [0.4, 0.5) is 0 Å². The van der Waals surface area contributed by atoms with E-state index in [-0.39, 0.29) is 76.1 Å². The van der Waals surface area contributed by atoms with E-state index >= 15 is 0 Å². The molecule has 4 rings (SSSR count). The van der Waals surface area contributed by atoms with Gasteiger partial charge in [-0.3, -0.25) is 53.4 Å². The van der Waals surface area contributed by atoms with E-state index in [1.54, 1.807) is 0 Å². The molecule has 0 aromatic carbocycles. The molecule has 0 aliphatic carbocycles. The van der Waals surface area contributed by atoms with E-state index in [0.717, 1.165) is 0 Å². The van der Waals surface area contributed by atoms with E-state index in [0.29, 0.717) is 63.0 Å². The Morgan fingerprint density at radius 3 is 1.31 bits per heavy atom. The Hall–Kier alpha value is -5.90. The van der Waals surface area contributed by atoms with Gasteiger partial charge in [-0.05, 0) is 107 Å². The Labute approximate surface area is 446 Å². The third kappa shape index (κ3) is 18.1. The van der Waals surface area contributed by atoms with Crippen LogP contribution in [0.25, 0.3) is 0 Å². The van der Waals surface area contributed by atoms with Crippen LogP contribution in [0.15, 0.2) is 0 Å². The molecule has 8 atom stereocenters. The maximum atomic E-state index is 13.8. The van der Waals surface area contributed by atoms with Crippen LogP contribution in [0.3, 0.4) is 0 Å². The smallest absolute Gasteiger partial charge is 0.326 e. The van der Waals surface area contributed by atoms with Crippen LogP contribution in [-0.2, 0) is 52.7 Å². The number of nitrogens with two attached hydrogens (primary N) is 2. The van der Waals surface area contributed by atoms with Crippen molar-refractivity contribution >= 4 is 94.5 Å². The second-order valence-corrected chi connectivity index (χ2v) is 21.4. The number of rotatable bonds is 28. The molecule has 28 heteroatoms. The number of carbonyl (C=O) groups excluding carboxylic acids is 10. The lowest BCUT2D eigenvalue weighted by atomic mass is 10.0. The zero-order chi connectivity index (χ0) is 55.4. The molecule has 0 saturated carbocycles. The van der Waals surface area contributed by atoms with Crippen LogP contribution in [-0.4, -0.2) is 220 Å². The van der Waals surface area contributed by atoms with Crippen LogP contribution in [0, 0.1) is 11.3 Å². The molecular formula is C47H78N14O12S2. The summed E-state index contributed by atoms with van der Waals surface area (Å²) in [7, 11) is 0. The average molecular weight is 1100 g/mol. The van der Waals surface area contributed by atoms with Gasteiger partial charge in [-0.1, -0.05) is 13.8 Å². The predicted molar refractivity (Wildman–Crippen MR) is 279 cm³/mol. The summed E-state index contributed by atoms with van der Waals surface area (Å²) >= 11 is 2.86. The minimum Gasteiger partial charge on any atom is -0.480 e. The van der Waals surface area contributed by atoms with E-state index in [1.807, 2.05) is 26.4 Å². The molecule has 4 aliphatic rings. The summed E-state index contributed by atoms with van der Waals surface area (Å²) in [5.74, 6) is -6.34. The first-order chi connectivity index (χ1) is 35.7. The van der Waals surface area contributed by atoms with Gasteiger partial charge >= 0.3 is 5.97 Å². The minimum atomic E-state index is -1.26. The standard InChI is InChI=1S/C47H78N14O12S2/c1-27(2)38(48)45(71)61-21-9-11-31(61)41(67)54-26-37(64)59-19-7-13-33(59)43(69)56-29(16-23-75-4)39(65)52-24-35(62)58-18-6-12-32(58)42(68)55-28(15-22-74-3)40(66)53-25-36(63)60-20-8-14-34(60)44(70)57-30(46(72)73)10-5-17-51-47(49)50/h27-34,38H,5-26,48H2,1-4H3,(H,52,65)(H,53,66)(H,54,67)(H,55,68)(H,56,69)(H,57,70)(H,72,73)(H4,49,50,51)/t28-,29-,30-,31-,32-,33-,34-,38-/m0/s1. The van der Waals surface area contributed by atoms with Crippen molar-refractivity contribution in [3.63, 3.8) is 0 Å². The van der Waals surface area contributed by atoms with Gasteiger partial charge in [-0.15, -0.1) is 0 Å². The number of hydrogen-bond acceptors (Lipinski definition) is 15. The monoisotopic (exact) mass is 1090 g/mol. The number of guanidine groups is 1. The normalized spacial score (nSPS) is 20.9. The Bertz CT molecular complexity index is 2090. The van der Waals surface area contributed by atoms with Gasteiger partial charge < -0.3 is 73.4 Å². The Kier molecular flexibility index (Phi) is 25.2. The molecular weight excluding hydrogens is 1020 g/mol. The van der Waals surface area contributed by atoms with Crippen molar-refractivity contribution in [3.8, 4) is 0 Å². The molecule has 0 radical (unpaired) electrons. The average Bonchev–Trinajstić information content (AvgIpc) is 4.24. The molecule has 0 spiro atoms. The van der Waals surface area contributed by atoms with E-state index in [4.69, 9.17) is 16.9 Å². The second-order valence-electron chi connectivity index (χ2n) is 19.4. The van der Waals surface area contributed by atoms with Gasteiger partial charge in [-0.25, -0.2) is 4.79 Å². The fraction of sp³-hybridized carbons (Fsp3) is 0.745. The number of carboxylic acids is 1. The van der Waals surface area contributed by atoms with Crippen molar-refractivity contribution in [2.24, 2.45) is 17.4 Å². The molecule has 4 heterocycles. The van der Waals surface area contributed by atoms with Crippen molar-refractivity contribution in [3.05, 3.63) is 0 Å². The Balaban J connectivity index is 1.28. The van der Waals surface area contributed by atoms with Crippen LogP contribution in [0.2, 0.25) is 0 Å². The highest BCUT2D eigenvalue weighted by Crippen LogP contribution is 2.23. The Morgan fingerprint density at radius 2 is 0.933 bits per heavy atom. The first-order valence-electron chi connectivity index (χ1n) is 25.7. The summed E-state index contributed by atoms with van der Waals surface area (Å²) in [6, 6.07) is -7.80. The van der Waals surface area contributed by atoms with E-state index in [1.165, 1.54) is 43.1 Å². The van der Waals surface area contributed by atoms with Crippen LogP contribution < -0.4 is 48.7 Å². The van der Waals surface area contributed by atoms with E-state index in [9.17, 15) is 57.8 Å². The van der Waals surface area contributed by atoms with Gasteiger partial charge in [-0.2, -0.15) is 23.5 Å². The Morgan fingerprint density at radius 1 is 0.560 bits per heavy atom. The summed E-state index contributed by atoms with van der Waals surface area (Å²) in [5, 5.41) is 35.2. The van der Waals surface area contributed by atoms with Crippen molar-refractivity contribution < 1.29 is 57.8 Å². The van der Waals surface area contributed by atoms with Crippen molar-refractivity contribution in [1.82, 2.24) is 56.8 Å². The lowest BCUT2D eigenvalue weighted by Gasteiger charge is -2.29. The summed E-state index contributed by atoms with van der Waals surface area (Å²) in [6.45, 7) is 3.49. The van der Waals surface area contributed by atoms with Crippen LogP contribution >= 0.6 is 23.5 Å². The predicted octanol–water partition coefficient (Wildman–Crippen LogP) is -3.41. The maximum absolute atomic E-state index is 13.8. The largest absolute Gasteiger partial charge is 0.480 e. The number of amides is 10. The van der Waals surface area contributed by atoms with Gasteiger partial charge in [0.1, 0.15) is 42.3 Å². The topological polar surface area (TPSA) is 381 Å². The molecule has 0 unspecified atom stereocenters. The molecule has 75 heavy (non-hydrogen) atoms. The second kappa shape index (κ2) is 30.6. The minimum absolute atomic E-state index is 0.0480. The van der Waals surface area contributed by atoms with E-state index in [2.05, 4.69) is 37.2 Å². The number of aliphatic carboxylic acids is 1. The fourth-order valence-electron chi connectivity index (χ4n) is 9.55. The van der Waals surface area contributed by atoms with Gasteiger partial charge in [0.2, 0.25) is 59.1 Å². The number of hydrogen-bond donors (Lipinski definition) is 11. The number of nitrogens with one attached hydrogen (secondary N) is 8. The van der Waals surface area contributed by atoms with Gasteiger partial charge in [0.25, 0.3) is 0 Å². The molecule has 10 amide bonds. The quantitative estimate of drug-likeness (QED) is 0.0207. The summed E-state index contributed by atoms with van der Waals surface area (Å²) in [6.07, 6.45) is 7.71. The van der Waals surface area contributed by atoms with Crippen molar-refractivity contribution in [1.29, 1.82) is 5.41 Å². The molecule has 4 saturated heterocycles. The number of likely N-dealkylation sites (tertiary alicyclic amines) is 4. The molecule has 420 valence electrons. The fourth-order valence-corrected chi connectivity index (χ4v) is 10.5. The third-order valence-electron chi connectivity index (χ3n) is 13.8. The van der Waals surface area contributed by atoms with Gasteiger partial charge in [0, 0.05) is 32.7 Å². The maximum Gasteiger partial charge on any atom is 0.326 e. The lowest BCUT2D eigenvalue weighted by Crippen LogP contribution is -2.57. The molecule has 0 aromatic rings. The van der Waals surface area contributed by atoms with Gasteiger partial charge in [0.15, 0.2) is 5.96 Å². The molecule has 26 nitrogen and oxygen atoms in total. The summed E-state index contributed by atoms with van der Waals surface area (Å²) in [5.41, 5.74) is 11.3.